The Kier molecular flexibility index (Phi) is 8.55. The lowest BCUT2D eigenvalue weighted by Crippen LogP contribution is -2.30. The van der Waals surface area contributed by atoms with Crippen molar-refractivity contribution in [2.45, 2.75) is 40.0 Å². The summed E-state index contributed by atoms with van der Waals surface area (Å²) in [6.07, 6.45) is 6.25. The van der Waals surface area contributed by atoms with Crippen LogP contribution in [-0.2, 0) is 24.3 Å². The van der Waals surface area contributed by atoms with Crippen LogP contribution in [-0.4, -0.2) is 52.4 Å². The lowest BCUT2D eigenvalue weighted by molar-refractivity contribution is -0.120. The molecule has 0 amide bonds. The highest BCUT2D eigenvalue weighted by atomic mass is 32.2. The zero-order valence-corrected chi connectivity index (χ0v) is 16.6. The molecule has 0 unspecified atom stereocenters. The number of Topliss-reactive ketones (excluding diaryl/α,β-unsaturated/α-hetero) is 1. The van der Waals surface area contributed by atoms with Gasteiger partial charge >= 0.3 is 0 Å². The third kappa shape index (κ3) is 6.09. The molecule has 142 valence electrons. The van der Waals surface area contributed by atoms with Gasteiger partial charge in [-0.15, -0.1) is 0 Å². The Morgan fingerprint density at radius 1 is 1.20 bits per heavy atom. The van der Waals surface area contributed by atoms with Crippen LogP contribution in [0.1, 0.15) is 40.0 Å². The average molecular weight is 371 g/mol. The van der Waals surface area contributed by atoms with Crippen LogP contribution in [0.5, 0.6) is 0 Å². The molecule has 1 aliphatic heterocycles. The second kappa shape index (κ2) is 9.89. The van der Waals surface area contributed by atoms with E-state index in [2.05, 4.69) is 4.74 Å². The predicted molar refractivity (Wildman–Crippen MR) is 98.4 cm³/mol. The molecule has 0 bridgehead atoms. The number of nitrogens with zero attached hydrogens (tertiary/aromatic N) is 1. The molecule has 0 atom stereocenters. The fourth-order valence-corrected chi connectivity index (χ4v) is 4.83. The average Bonchev–Trinajstić information content (AvgIpc) is 3.02. The topological polar surface area (TPSA) is 72.9 Å². The molecule has 1 aliphatic carbocycles. The molecule has 2 rings (SSSR count). The Bertz CT molecular complexity index is 668. The lowest BCUT2D eigenvalue weighted by Gasteiger charge is -2.20. The van der Waals surface area contributed by atoms with E-state index in [4.69, 9.17) is 4.74 Å². The van der Waals surface area contributed by atoms with E-state index < -0.39 is 10.0 Å². The van der Waals surface area contributed by atoms with Gasteiger partial charge in [0.05, 0.1) is 12.0 Å². The highest BCUT2D eigenvalue weighted by molar-refractivity contribution is 7.93. The van der Waals surface area contributed by atoms with E-state index in [9.17, 15) is 13.2 Å². The van der Waals surface area contributed by atoms with Crippen molar-refractivity contribution < 1.29 is 22.7 Å². The van der Waals surface area contributed by atoms with E-state index in [-0.39, 0.29) is 12.4 Å². The van der Waals surface area contributed by atoms with Gasteiger partial charge in [0.2, 0.25) is 10.0 Å². The first-order chi connectivity index (χ1) is 11.7. The first-order valence-electron chi connectivity index (χ1n) is 8.35. The van der Waals surface area contributed by atoms with Crippen molar-refractivity contribution in [1.29, 1.82) is 0 Å². The van der Waals surface area contributed by atoms with Gasteiger partial charge in [-0.25, -0.2) is 8.42 Å². The molecule has 0 N–H and O–H groups in total. The van der Waals surface area contributed by atoms with Crippen molar-refractivity contribution in [1.82, 2.24) is 4.31 Å². The quantitative estimate of drug-likeness (QED) is 0.743. The number of carbonyl (C=O) groups excluding carboxylic acids is 1. The second-order valence-corrected chi connectivity index (χ2v) is 8.07. The van der Waals surface area contributed by atoms with Crippen molar-refractivity contribution in [2.24, 2.45) is 0 Å². The number of ketones is 1. The summed E-state index contributed by atoms with van der Waals surface area (Å²) in [6.45, 7) is 6.72. The zero-order chi connectivity index (χ0) is 19.0. The number of methoxy groups -OCH3 is 2. The molecule has 0 aromatic rings. The first-order valence-corrected chi connectivity index (χ1v) is 9.79. The van der Waals surface area contributed by atoms with Crippen LogP contribution >= 0.6 is 0 Å². The summed E-state index contributed by atoms with van der Waals surface area (Å²) in [5, 5.41) is 0. The Hall–Kier alpha value is -1.44. The van der Waals surface area contributed by atoms with Crippen LogP contribution in [0.4, 0.5) is 0 Å². The molecular formula is C18H29NO5S. The van der Waals surface area contributed by atoms with Crippen LogP contribution < -0.4 is 0 Å². The SMILES string of the molecule is COC1=CCC(C)=C(S(=O)(=O)N2CCCC2)C(C)=C1.COCC(C)=O. The summed E-state index contributed by atoms with van der Waals surface area (Å²) in [5.74, 6) is 0.793. The molecule has 25 heavy (non-hydrogen) atoms. The Morgan fingerprint density at radius 2 is 1.80 bits per heavy atom. The molecule has 0 radical (unpaired) electrons. The van der Waals surface area contributed by atoms with Gasteiger partial charge in [-0.05, 0) is 63.3 Å². The molecule has 1 fully saturated rings. The summed E-state index contributed by atoms with van der Waals surface area (Å²) in [7, 11) is -0.256. The van der Waals surface area contributed by atoms with Crippen molar-refractivity contribution in [3.63, 3.8) is 0 Å². The van der Waals surface area contributed by atoms with Crippen molar-refractivity contribution in [3.05, 3.63) is 34.0 Å². The lowest BCUT2D eigenvalue weighted by atomic mass is 10.1. The molecule has 1 heterocycles. The van der Waals surface area contributed by atoms with E-state index in [1.807, 2.05) is 19.9 Å². The smallest absolute Gasteiger partial charge is 0.243 e. The van der Waals surface area contributed by atoms with E-state index in [0.717, 1.165) is 29.7 Å². The molecular weight excluding hydrogens is 342 g/mol. The van der Waals surface area contributed by atoms with E-state index in [1.165, 1.54) is 14.0 Å². The van der Waals surface area contributed by atoms with Crippen LogP contribution in [0.15, 0.2) is 34.0 Å². The summed E-state index contributed by atoms with van der Waals surface area (Å²) in [4.78, 5) is 10.4. The van der Waals surface area contributed by atoms with Gasteiger partial charge < -0.3 is 9.47 Å². The predicted octanol–water partition coefficient (Wildman–Crippen LogP) is 2.79. The van der Waals surface area contributed by atoms with Gasteiger partial charge in [0, 0.05) is 20.2 Å². The Balaban J connectivity index is 0.000000450. The minimum absolute atomic E-state index is 0.0671. The number of carbonyl (C=O) groups is 1. The van der Waals surface area contributed by atoms with E-state index in [0.29, 0.717) is 24.4 Å². The summed E-state index contributed by atoms with van der Waals surface area (Å²) >= 11 is 0. The number of ether oxygens (including phenoxy) is 2. The second-order valence-electron chi connectivity index (χ2n) is 6.20. The number of sulfonamides is 1. The monoisotopic (exact) mass is 371 g/mol. The Labute approximate surface area is 151 Å². The van der Waals surface area contributed by atoms with Gasteiger partial charge in [-0.3, -0.25) is 4.79 Å². The van der Waals surface area contributed by atoms with Crippen LogP contribution in [0.3, 0.4) is 0 Å². The maximum absolute atomic E-state index is 12.7. The number of hydrogen-bond donors (Lipinski definition) is 0. The molecule has 0 saturated carbocycles. The zero-order valence-electron chi connectivity index (χ0n) is 15.8. The Morgan fingerprint density at radius 3 is 2.24 bits per heavy atom. The molecule has 0 spiro atoms. The third-order valence-corrected chi connectivity index (χ3v) is 6.19. The number of allylic oxidation sites excluding steroid dienone is 4. The van der Waals surface area contributed by atoms with Crippen molar-refractivity contribution >= 4 is 15.8 Å². The fraction of sp³-hybridized carbons (Fsp3) is 0.611. The maximum Gasteiger partial charge on any atom is 0.243 e. The molecule has 0 aromatic carbocycles. The van der Waals surface area contributed by atoms with Gasteiger partial charge in [-0.2, -0.15) is 4.31 Å². The minimum Gasteiger partial charge on any atom is -0.497 e. The molecule has 2 aliphatic rings. The summed E-state index contributed by atoms with van der Waals surface area (Å²) in [5.41, 5.74) is 1.64. The van der Waals surface area contributed by atoms with Crippen LogP contribution in [0.25, 0.3) is 0 Å². The van der Waals surface area contributed by atoms with Crippen molar-refractivity contribution in [3.8, 4) is 0 Å². The van der Waals surface area contributed by atoms with Gasteiger partial charge in [-0.1, -0.05) is 0 Å². The third-order valence-electron chi connectivity index (χ3n) is 3.96. The number of rotatable bonds is 5. The van der Waals surface area contributed by atoms with Crippen LogP contribution in [0.2, 0.25) is 0 Å². The highest BCUT2D eigenvalue weighted by Crippen LogP contribution is 2.31. The summed E-state index contributed by atoms with van der Waals surface area (Å²) in [6, 6.07) is 0. The van der Waals surface area contributed by atoms with E-state index in [1.54, 1.807) is 17.5 Å². The largest absolute Gasteiger partial charge is 0.497 e. The fourth-order valence-electron chi connectivity index (χ4n) is 2.85. The van der Waals surface area contributed by atoms with E-state index >= 15 is 0 Å². The molecule has 7 heteroatoms. The highest BCUT2D eigenvalue weighted by Gasteiger charge is 2.31. The first kappa shape index (κ1) is 21.6. The minimum atomic E-state index is -3.36. The normalized spacial score (nSPS) is 18.8. The molecule has 1 saturated heterocycles. The maximum atomic E-state index is 12.7. The van der Waals surface area contributed by atoms with Gasteiger partial charge in [0.15, 0.2) is 5.78 Å². The molecule has 6 nitrogen and oxygen atoms in total. The van der Waals surface area contributed by atoms with Crippen LogP contribution in [0, 0.1) is 0 Å². The standard InChI is InChI=1S/C14H21NO3S.C4H8O2/c1-11-6-7-13(18-3)10-12(2)14(11)19(16,17)15-8-4-5-9-15;1-4(5)3-6-2/h7,10H,4-6,8-9H2,1-3H3;3H2,1-2H3. The summed E-state index contributed by atoms with van der Waals surface area (Å²) < 4.78 is 36.7. The van der Waals surface area contributed by atoms with Crippen molar-refractivity contribution in [2.75, 3.05) is 33.9 Å². The number of hydrogen-bond acceptors (Lipinski definition) is 5. The van der Waals surface area contributed by atoms with Gasteiger partial charge in [0.25, 0.3) is 0 Å². The molecule has 0 aromatic heterocycles. The van der Waals surface area contributed by atoms with Gasteiger partial charge in [0.1, 0.15) is 12.4 Å².